The van der Waals surface area contributed by atoms with Crippen LogP contribution in [0.3, 0.4) is 0 Å². The van der Waals surface area contributed by atoms with Crippen LogP contribution in [-0.4, -0.2) is 30.4 Å². The zero-order valence-electron chi connectivity index (χ0n) is 13.1. The summed E-state index contributed by atoms with van der Waals surface area (Å²) < 4.78 is 0. The molecule has 1 fully saturated rings. The van der Waals surface area contributed by atoms with Crippen molar-refractivity contribution in [3.63, 3.8) is 0 Å². The molecular weight excluding hydrogens is 284 g/mol. The molecule has 3 nitrogen and oxygen atoms in total. The summed E-state index contributed by atoms with van der Waals surface area (Å²) in [5.41, 5.74) is 5.33. The van der Waals surface area contributed by atoms with Gasteiger partial charge in [0.25, 0.3) is 0 Å². The lowest BCUT2D eigenvalue weighted by Gasteiger charge is -2.33. The van der Waals surface area contributed by atoms with Gasteiger partial charge in [-0.1, -0.05) is 48.5 Å². The molecule has 3 aliphatic rings. The van der Waals surface area contributed by atoms with E-state index in [4.69, 9.17) is 0 Å². The van der Waals surface area contributed by atoms with Crippen molar-refractivity contribution in [1.82, 2.24) is 4.90 Å². The lowest BCUT2D eigenvalue weighted by atomic mass is 9.83. The van der Waals surface area contributed by atoms with E-state index in [2.05, 4.69) is 58.3 Å². The Hall–Kier alpha value is -2.13. The molecule has 2 atom stereocenters. The number of likely N-dealkylation sites (tertiary alicyclic amines) is 1. The second kappa shape index (κ2) is 4.93. The second-order valence-corrected chi connectivity index (χ2v) is 6.99. The molecule has 2 aromatic carbocycles. The monoisotopic (exact) mass is 304 g/mol. The predicted octanol–water partition coefficient (Wildman–Crippen LogP) is 2.80. The van der Waals surface area contributed by atoms with Gasteiger partial charge in [-0.15, -0.1) is 0 Å². The molecule has 1 amide bonds. The van der Waals surface area contributed by atoms with E-state index in [1.165, 1.54) is 22.4 Å². The number of hydrogen-bond donors (Lipinski definition) is 0. The Morgan fingerprint density at radius 3 is 2.65 bits per heavy atom. The summed E-state index contributed by atoms with van der Waals surface area (Å²) in [6.45, 7) is 3.69. The van der Waals surface area contributed by atoms with Crippen molar-refractivity contribution < 1.29 is 4.79 Å². The molecule has 0 unspecified atom stereocenters. The fraction of sp³-hybridized carbons (Fsp3) is 0.350. The van der Waals surface area contributed by atoms with Gasteiger partial charge in [-0.05, 0) is 23.1 Å². The maximum absolute atomic E-state index is 12.9. The Labute approximate surface area is 136 Å². The standard InChI is InChI=1S/C20H20N2O/c23-20-18-13-21(11-14-5-2-1-3-6-14)12-17(18)16-8-4-7-15-9-10-22(20)19(15)16/h1-8,17-18H,9-13H2/t17-,18-/m0/s1. The van der Waals surface area contributed by atoms with Crippen molar-refractivity contribution >= 4 is 11.6 Å². The van der Waals surface area contributed by atoms with Crippen molar-refractivity contribution in [3.8, 4) is 0 Å². The number of nitrogens with zero attached hydrogens (tertiary/aromatic N) is 2. The number of amides is 1. The van der Waals surface area contributed by atoms with Crippen LogP contribution >= 0.6 is 0 Å². The highest BCUT2D eigenvalue weighted by Crippen LogP contribution is 2.47. The van der Waals surface area contributed by atoms with Crippen LogP contribution in [-0.2, 0) is 17.8 Å². The van der Waals surface area contributed by atoms with E-state index in [-0.39, 0.29) is 5.92 Å². The maximum atomic E-state index is 12.9. The van der Waals surface area contributed by atoms with E-state index in [0.29, 0.717) is 11.8 Å². The average Bonchev–Trinajstić information content (AvgIpc) is 3.19. The third kappa shape index (κ3) is 1.96. The first-order valence-corrected chi connectivity index (χ1v) is 8.51. The van der Waals surface area contributed by atoms with Crippen molar-refractivity contribution in [1.29, 1.82) is 0 Å². The molecule has 0 bridgehead atoms. The van der Waals surface area contributed by atoms with Crippen LogP contribution in [0.4, 0.5) is 5.69 Å². The summed E-state index contributed by atoms with van der Waals surface area (Å²) in [6, 6.07) is 17.2. The molecule has 3 aliphatic heterocycles. The van der Waals surface area contributed by atoms with E-state index in [1.54, 1.807) is 0 Å². The molecular formula is C20H20N2O. The van der Waals surface area contributed by atoms with Crippen molar-refractivity contribution in [2.24, 2.45) is 5.92 Å². The molecule has 5 rings (SSSR count). The van der Waals surface area contributed by atoms with E-state index in [0.717, 1.165) is 32.6 Å². The van der Waals surface area contributed by atoms with Gasteiger partial charge in [-0.25, -0.2) is 0 Å². The topological polar surface area (TPSA) is 23.6 Å². The Balaban J connectivity index is 1.48. The second-order valence-electron chi connectivity index (χ2n) is 6.99. The lowest BCUT2D eigenvalue weighted by molar-refractivity contribution is -0.122. The number of fused-ring (bicyclic) bond motifs is 2. The van der Waals surface area contributed by atoms with Gasteiger partial charge >= 0.3 is 0 Å². The highest BCUT2D eigenvalue weighted by atomic mass is 16.2. The fourth-order valence-corrected chi connectivity index (χ4v) is 4.63. The van der Waals surface area contributed by atoms with Gasteiger partial charge in [-0.3, -0.25) is 9.69 Å². The van der Waals surface area contributed by atoms with Gasteiger partial charge in [0.05, 0.1) is 11.6 Å². The Kier molecular flexibility index (Phi) is 2.86. The quantitative estimate of drug-likeness (QED) is 0.852. The van der Waals surface area contributed by atoms with E-state index in [1.807, 2.05) is 0 Å². The van der Waals surface area contributed by atoms with E-state index >= 15 is 0 Å². The summed E-state index contributed by atoms with van der Waals surface area (Å²) >= 11 is 0. The van der Waals surface area contributed by atoms with Crippen LogP contribution in [0.5, 0.6) is 0 Å². The molecule has 0 saturated carbocycles. The summed E-state index contributed by atoms with van der Waals surface area (Å²) in [5, 5.41) is 0. The molecule has 2 aromatic rings. The highest BCUT2D eigenvalue weighted by molar-refractivity contribution is 6.01. The zero-order chi connectivity index (χ0) is 15.4. The van der Waals surface area contributed by atoms with Crippen LogP contribution in [0.25, 0.3) is 0 Å². The summed E-state index contributed by atoms with van der Waals surface area (Å²) in [7, 11) is 0. The van der Waals surface area contributed by atoms with Crippen molar-refractivity contribution in [2.75, 3.05) is 24.5 Å². The van der Waals surface area contributed by atoms with Gasteiger partial charge in [0.1, 0.15) is 0 Å². The molecule has 0 N–H and O–H groups in total. The Bertz CT molecular complexity index is 770. The third-order valence-corrected chi connectivity index (χ3v) is 5.65. The SMILES string of the molecule is O=C1[C@H]2CN(Cc3ccccc3)C[C@H]2c2cccc3c2N1CC3. The lowest BCUT2D eigenvalue weighted by Crippen LogP contribution is -2.41. The number of carbonyl (C=O) groups excluding carboxylic acids is 1. The molecule has 0 radical (unpaired) electrons. The molecule has 23 heavy (non-hydrogen) atoms. The van der Waals surface area contributed by atoms with E-state index in [9.17, 15) is 4.79 Å². The number of rotatable bonds is 2. The van der Waals surface area contributed by atoms with Gasteiger partial charge in [0.2, 0.25) is 5.91 Å². The fourth-order valence-electron chi connectivity index (χ4n) is 4.63. The Morgan fingerprint density at radius 2 is 1.78 bits per heavy atom. The molecule has 3 heterocycles. The summed E-state index contributed by atoms with van der Waals surface area (Å²) in [6.07, 6.45) is 1.02. The van der Waals surface area contributed by atoms with Crippen LogP contribution in [0.1, 0.15) is 22.6 Å². The number of para-hydroxylation sites is 1. The van der Waals surface area contributed by atoms with Crippen molar-refractivity contribution in [2.45, 2.75) is 18.9 Å². The Morgan fingerprint density at radius 1 is 0.957 bits per heavy atom. The zero-order valence-corrected chi connectivity index (χ0v) is 13.1. The van der Waals surface area contributed by atoms with E-state index < -0.39 is 0 Å². The first-order valence-electron chi connectivity index (χ1n) is 8.51. The minimum Gasteiger partial charge on any atom is -0.311 e. The minimum atomic E-state index is 0.138. The van der Waals surface area contributed by atoms with Crippen molar-refractivity contribution in [3.05, 3.63) is 65.2 Å². The molecule has 3 heteroatoms. The molecule has 1 saturated heterocycles. The third-order valence-electron chi connectivity index (χ3n) is 5.65. The largest absolute Gasteiger partial charge is 0.311 e. The summed E-state index contributed by atoms with van der Waals surface area (Å²) in [5.74, 6) is 0.859. The van der Waals surface area contributed by atoms with Crippen LogP contribution in [0.15, 0.2) is 48.5 Å². The highest BCUT2D eigenvalue weighted by Gasteiger charge is 2.47. The predicted molar refractivity (Wildman–Crippen MR) is 90.4 cm³/mol. The number of benzene rings is 2. The average molecular weight is 304 g/mol. The molecule has 116 valence electrons. The molecule has 0 aliphatic carbocycles. The van der Waals surface area contributed by atoms with Crippen LogP contribution < -0.4 is 4.90 Å². The normalized spacial score (nSPS) is 25.6. The first kappa shape index (κ1) is 13.3. The number of anilines is 1. The molecule has 0 aromatic heterocycles. The van der Waals surface area contributed by atoms with Gasteiger partial charge in [-0.2, -0.15) is 0 Å². The smallest absolute Gasteiger partial charge is 0.232 e. The van der Waals surface area contributed by atoms with Crippen LogP contribution in [0.2, 0.25) is 0 Å². The van der Waals surface area contributed by atoms with Gasteiger partial charge in [0.15, 0.2) is 0 Å². The summed E-state index contributed by atoms with van der Waals surface area (Å²) in [4.78, 5) is 17.4. The first-order chi connectivity index (χ1) is 11.3. The number of hydrogen-bond acceptors (Lipinski definition) is 2. The maximum Gasteiger partial charge on any atom is 0.232 e. The van der Waals surface area contributed by atoms with Gasteiger partial charge in [0, 0.05) is 32.1 Å². The number of carbonyl (C=O) groups is 1. The molecule has 0 spiro atoms. The van der Waals surface area contributed by atoms with Crippen LogP contribution in [0, 0.1) is 5.92 Å². The van der Waals surface area contributed by atoms with Gasteiger partial charge < -0.3 is 4.90 Å². The minimum absolute atomic E-state index is 0.138.